The summed E-state index contributed by atoms with van der Waals surface area (Å²) in [5.74, 6) is 0.354. The van der Waals surface area contributed by atoms with Crippen LogP contribution in [0.5, 0.6) is 0 Å². The smallest absolute Gasteiger partial charge is 0.248 e. The third kappa shape index (κ3) is 3.22. The van der Waals surface area contributed by atoms with Gasteiger partial charge in [-0.2, -0.15) is 0 Å². The molecule has 3 N–H and O–H groups in total. The Morgan fingerprint density at radius 2 is 2.00 bits per heavy atom. The minimum Gasteiger partial charge on any atom is -0.370 e. The van der Waals surface area contributed by atoms with Gasteiger partial charge in [0.15, 0.2) is 0 Å². The van der Waals surface area contributed by atoms with Gasteiger partial charge in [-0.15, -0.1) is 12.4 Å². The Kier molecular flexibility index (Phi) is 5.95. The van der Waals surface area contributed by atoms with Crippen LogP contribution in [0.15, 0.2) is 18.2 Å². The van der Waals surface area contributed by atoms with E-state index in [1.165, 1.54) is 6.42 Å². The molecule has 2 fully saturated rings. The van der Waals surface area contributed by atoms with Crippen LogP contribution in [0.4, 0.5) is 0 Å². The highest BCUT2D eigenvalue weighted by atomic mass is 35.5. The predicted octanol–water partition coefficient (Wildman–Crippen LogP) is 3.11. The van der Waals surface area contributed by atoms with Gasteiger partial charge in [-0.05, 0) is 43.5 Å². The molecule has 1 heterocycles. The largest absolute Gasteiger partial charge is 0.370 e. The minimum absolute atomic E-state index is 0. The second kappa shape index (κ2) is 7.39. The van der Waals surface area contributed by atoms with E-state index in [4.69, 9.17) is 22.1 Å². The van der Waals surface area contributed by atoms with Crippen LogP contribution in [0, 0.1) is 11.8 Å². The lowest BCUT2D eigenvalue weighted by atomic mass is 9.62. The van der Waals surface area contributed by atoms with E-state index >= 15 is 0 Å². The average Bonchev–Trinajstić information content (AvgIpc) is 2.46. The quantitative estimate of drug-likeness (QED) is 0.868. The van der Waals surface area contributed by atoms with E-state index in [-0.39, 0.29) is 18.0 Å². The summed E-state index contributed by atoms with van der Waals surface area (Å²) in [4.78, 5) is 11.6. The molecule has 6 heteroatoms. The fraction of sp³-hybridized carbons (Fsp3) is 0.588. The van der Waals surface area contributed by atoms with Crippen molar-refractivity contribution in [3.63, 3.8) is 0 Å². The maximum atomic E-state index is 11.6. The highest BCUT2D eigenvalue weighted by molar-refractivity contribution is 6.31. The highest BCUT2D eigenvalue weighted by Gasteiger charge is 2.51. The molecule has 1 aromatic carbocycles. The number of fused-ring (bicyclic) bond motifs is 2. The second-order valence-corrected chi connectivity index (χ2v) is 6.74. The van der Waals surface area contributed by atoms with Gasteiger partial charge in [0.05, 0.1) is 0 Å². The van der Waals surface area contributed by atoms with Crippen LogP contribution in [0.3, 0.4) is 0 Å². The van der Waals surface area contributed by atoms with E-state index in [0.29, 0.717) is 29.0 Å². The Labute approximate surface area is 148 Å². The highest BCUT2D eigenvalue weighted by Crippen LogP contribution is 2.50. The third-order valence-corrected chi connectivity index (χ3v) is 5.33. The maximum absolute atomic E-state index is 11.6. The average molecular weight is 359 g/mol. The second-order valence-electron chi connectivity index (χ2n) is 6.30. The molecular weight excluding hydrogens is 335 g/mol. The van der Waals surface area contributed by atoms with E-state index in [2.05, 4.69) is 5.32 Å². The summed E-state index contributed by atoms with van der Waals surface area (Å²) in [6.45, 7) is 4.55. The van der Waals surface area contributed by atoms with Crippen LogP contribution in [0.1, 0.15) is 42.1 Å². The first-order valence-electron chi connectivity index (χ1n) is 8.03. The zero-order valence-electron chi connectivity index (χ0n) is 13.3. The number of hydrogen-bond donors (Lipinski definition) is 2. The molecule has 23 heavy (non-hydrogen) atoms. The Morgan fingerprint density at radius 1 is 1.35 bits per heavy atom. The maximum Gasteiger partial charge on any atom is 0.248 e. The zero-order chi connectivity index (χ0) is 15.7. The van der Waals surface area contributed by atoms with Crippen molar-refractivity contribution in [3.05, 3.63) is 34.3 Å². The standard InChI is InChI=1S/C17H23ClN2O2.ClH/c1-2-22-17(12-4-3-5-13(17)10-20-9-12)14-6-11(16(19)21)7-15(18)8-14;/h6-8,12-13,20H,2-5,9-10H2,1H3,(H2,19,21);1H. The van der Waals surface area contributed by atoms with Gasteiger partial charge in [-0.25, -0.2) is 0 Å². The summed E-state index contributed by atoms with van der Waals surface area (Å²) in [5.41, 5.74) is 6.57. The zero-order valence-corrected chi connectivity index (χ0v) is 14.9. The molecule has 1 aliphatic carbocycles. The van der Waals surface area contributed by atoms with E-state index < -0.39 is 5.91 Å². The molecule has 1 saturated heterocycles. The third-order valence-electron chi connectivity index (χ3n) is 5.12. The molecule has 0 spiro atoms. The molecule has 0 radical (unpaired) electrons. The lowest BCUT2D eigenvalue weighted by Crippen LogP contribution is -2.58. The lowest BCUT2D eigenvalue weighted by Gasteiger charge is -2.53. The summed E-state index contributed by atoms with van der Waals surface area (Å²) in [6, 6.07) is 5.45. The fourth-order valence-electron chi connectivity index (χ4n) is 4.30. The van der Waals surface area contributed by atoms with Gasteiger partial charge in [0, 0.05) is 42.1 Å². The van der Waals surface area contributed by atoms with Crippen molar-refractivity contribution in [2.24, 2.45) is 17.6 Å². The molecule has 1 amide bonds. The Hall–Kier alpha value is -0.810. The van der Waals surface area contributed by atoms with Crippen LogP contribution in [-0.4, -0.2) is 25.6 Å². The topological polar surface area (TPSA) is 64.3 Å². The van der Waals surface area contributed by atoms with E-state index in [1.807, 2.05) is 19.1 Å². The van der Waals surface area contributed by atoms with Crippen LogP contribution in [0.2, 0.25) is 5.02 Å². The van der Waals surface area contributed by atoms with Crippen molar-refractivity contribution < 1.29 is 9.53 Å². The number of nitrogens with two attached hydrogens (primary N) is 1. The number of ether oxygens (including phenoxy) is 1. The van der Waals surface area contributed by atoms with Crippen molar-refractivity contribution in [1.29, 1.82) is 0 Å². The molecular formula is C17H24Cl2N2O2. The molecule has 1 aliphatic heterocycles. The number of hydrogen-bond acceptors (Lipinski definition) is 3. The summed E-state index contributed by atoms with van der Waals surface area (Å²) in [7, 11) is 0. The van der Waals surface area contributed by atoms with Gasteiger partial charge >= 0.3 is 0 Å². The van der Waals surface area contributed by atoms with Crippen LogP contribution in [0.25, 0.3) is 0 Å². The first-order valence-corrected chi connectivity index (χ1v) is 8.41. The normalized spacial score (nSPS) is 29.7. The minimum atomic E-state index is -0.450. The number of carbonyl (C=O) groups is 1. The number of amides is 1. The Morgan fingerprint density at radius 3 is 2.57 bits per heavy atom. The molecule has 1 saturated carbocycles. The molecule has 128 valence electrons. The monoisotopic (exact) mass is 358 g/mol. The van der Waals surface area contributed by atoms with Crippen LogP contribution >= 0.6 is 24.0 Å². The van der Waals surface area contributed by atoms with Crippen molar-refractivity contribution in [1.82, 2.24) is 5.32 Å². The Bertz CT molecular complexity index is 558. The number of halogens is 2. The molecule has 2 aliphatic rings. The van der Waals surface area contributed by atoms with E-state index in [0.717, 1.165) is 31.5 Å². The number of piperidine rings is 1. The number of carbonyl (C=O) groups excluding carboxylic acids is 1. The lowest BCUT2D eigenvalue weighted by molar-refractivity contribution is -0.161. The first kappa shape index (κ1) is 18.5. The number of benzene rings is 1. The fourth-order valence-corrected chi connectivity index (χ4v) is 4.53. The number of primary amides is 1. The van der Waals surface area contributed by atoms with Crippen molar-refractivity contribution >= 4 is 29.9 Å². The van der Waals surface area contributed by atoms with E-state index in [9.17, 15) is 4.79 Å². The molecule has 0 aromatic heterocycles. The van der Waals surface area contributed by atoms with Gasteiger partial charge in [-0.1, -0.05) is 18.0 Å². The molecule has 4 nitrogen and oxygen atoms in total. The predicted molar refractivity (Wildman–Crippen MR) is 94.2 cm³/mol. The summed E-state index contributed by atoms with van der Waals surface area (Å²) in [6.07, 6.45) is 3.49. The molecule has 2 unspecified atom stereocenters. The summed E-state index contributed by atoms with van der Waals surface area (Å²) >= 11 is 6.25. The molecule has 2 atom stereocenters. The molecule has 3 rings (SSSR count). The number of nitrogens with one attached hydrogen (secondary N) is 1. The molecule has 1 aromatic rings. The van der Waals surface area contributed by atoms with Gasteiger partial charge in [0.25, 0.3) is 0 Å². The van der Waals surface area contributed by atoms with Crippen molar-refractivity contribution in [2.45, 2.75) is 31.8 Å². The van der Waals surface area contributed by atoms with Crippen molar-refractivity contribution in [2.75, 3.05) is 19.7 Å². The summed E-state index contributed by atoms with van der Waals surface area (Å²) in [5, 5.41) is 4.06. The van der Waals surface area contributed by atoms with Gasteiger partial charge in [0.2, 0.25) is 5.91 Å². The SMILES string of the molecule is CCOC1(c2cc(Cl)cc(C(N)=O)c2)C2CCCC1CNC2.Cl. The van der Waals surface area contributed by atoms with Gasteiger partial charge in [-0.3, -0.25) is 4.79 Å². The van der Waals surface area contributed by atoms with Gasteiger partial charge < -0.3 is 15.8 Å². The van der Waals surface area contributed by atoms with Crippen LogP contribution in [-0.2, 0) is 10.3 Å². The Balaban J connectivity index is 0.00000192. The first-order chi connectivity index (χ1) is 10.6. The molecule has 2 bridgehead atoms. The van der Waals surface area contributed by atoms with Crippen LogP contribution < -0.4 is 11.1 Å². The van der Waals surface area contributed by atoms with Crippen molar-refractivity contribution in [3.8, 4) is 0 Å². The van der Waals surface area contributed by atoms with E-state index in [1.54, 1.807) is 6.07 Å². The number of rotatable bonds is 4. The summed E-state index contributed by atoms with van der Waals surface area (Å²) < 4.78 is 6.36. The van der Waals surface area contributed by atoms with Gasteiger partial charge in [0.1, 0.15) is 5.60 Å².